The van der Waals surface area contributed by atoms with E-state index in [1.165, 1.54) is 4.90 Å². The smallest absolute Gasteiger partial charge is 0.224 e. The zero-order valence-electron chi connectivity index (χ0n) is 11.8. The number of aryl methyl sites for hydroxylation is 1. The molecule has 2 aromatic rings. The molecule has 4 N–H and O–H groups in total. The molecule has 1 aliphatic heterocycles. The van der Waals surface area contributed by atoms with Crippen molar-refractivity contribution in [2.75, 3.05) is 22.6 Å². The molecular weight excluding hydrogens is 282 g/mol. The van der Waals surface area contributed by atoms with Gasteiger partial charge in [0.15, 0.2) is 0 Å². The third kappa shape index (κ3) is 2.97. The molecule has 4 nitrogen and oxygen atoms in total. The van der Waals surface area contributed by atoms with Crippen LogP contribution in [0.5, 0.6) is 0 Å². The molecule has 0 aromatic heterocycles. The summed E-state index contributed by atoms with van der Waals surface area (Å²) in [6.45, 7) is 0. The lowest BCUT2D eigenvalue weighted by molar-refractivity contribution is -0.116. The number of nitrogen functional groups attached to an aromatic ring is 1. The van der Waals surface area contributed by atoms with E-state index in [1.54, 1.807) is 11.8 Å². The maximum Gasteiger partial charge on any atom is 0.224 e. The van der Waals surface area contributed by atoms with Crippen molar-refractivity contribution < 1.29 is 4.79 Å². The maximum absolute atomic E-state index is 11.4. The average molecular weight is 299 g/mol. The molecule has 0 spiro atoms. The highest BCUT2D eigenvalue weighted by Crippen LogP contribution is 2.33. The fourth-order valence-corrected chi connectivity index (χ4v) is 2.87. The highest BCUT2D eigenvalue weighted by Gasteiger charge is 2.16. The Hall–Kier alpha value is -2.14. The predicted molar refractivity (Wildman–Crippen MR) is 89.3 cm³/mol. The van der Waals surface area contributed by atoms with Crippen LogP contribution >= 0.6 is 11.8 Å². The zero-order valence-corrected chi connectivity index (χ0v) is 12.6. The second-order valence-electron chi connectivity index (χ2n) is 5.00. The van der Waals surface area contributed by atoms with Crippen molar-refractivity contribution in [3.8, 4) is 0 Å². The Bertz CT molecular complexity index is 700. The van der Waals surface area contributed by atoms with Gasteiger partial charge >= 0.3 is 0 Å². The van der Waals surface area contributed by atoms with Gasteiger partial charge in [-0.3, -0.25) is 4.79 Å². The molecule has 0 saturated heterocycles. The van der Waals surface area contributed by atoms with Crippen molar-refractivity contribution in [3.63, 3.8) is 0 Å². The lowest BCUT2D eigenvalue weighted by Crippen LogP contribution is -2.19. The first-order valence-corrected chi connectivity index (χ1v) is 8.01. The van der Waals surface area contributed by atoms with E-state index >= 15 is 0 Å². The van der Waals surface area contributed by atoms with Crippen molar-refractivity contribution in [1.82, 2.24) is 0 Å². The molecule has 0 fully saturated rings. The zero-order chi connectivity index (χ0) is 14.8. The molecule has 2 aromatic carbocycles. The quantitative estimate of drug-likeness (QED) is 0.598. The highest BCUT2D eigenvalue weighted by molar-refractivity contribution is 7.98. The molecule has 0 saturated carbocycles. The molecule has 5 heteroatoms. The first kappa shape index (κ1) is 13.8. The predicted octanol–water partition coefficient (Wildman–Crippen LogP) is 3.62. The number of thioether (sulfide) groups is 1. The van der Waals surface area contributed by atoms with Gasteiger partial charge < -0.3 is 16.4 Å². The van der Waals surface area contributed by atoms with Gasteiger partial charge in [-0.2, -0.15) is 0 Å². The molecule has 1 aliphatic rings. The molecule has 0 aliphatic carbocycles. The Morgan fingerprint density at radius 1 is 1.24 bits per heavy atom. The summed E-state index contributed by atoms with van der Waals surface area (Å²) < 4.78 is 0. The second kappa shape index (κ2) is 5.69. The van der Waals surface area contributed by atoms with Gasteiger partial charge in [-0.1, -0.05) is 6.07 Å². The third-order valence-corrected chi connectivity index (χ3v) is 4.24. The van der Waals surface area contributed by atoms with Gasteiger partial charge in [0.1, 0.15) is 0 Å². The maximum atomic E-state index is 11.4. The number of carbonyl (C=O) groups is 1. The van der Waals surface area contributed by atoms with Crippen LogP contribution in [-0.2, 0) is 11.2 Å². The highest BCUT2D eigenvalue weighted by atomic mass is 32.2. The second-order valence-corrected chi connectivity index (χ2v) is 5.88. The lowest BCUT2D eigenvalue weighted by Gasteiger charge is -2.20. The van der Waals surface area contributed by atoms with E-state index in [2.05, 4.69) is 29.0 Å². The molecule has 21 heavy (non-hydrogen) atoms. The Morgan fingerprint density at radius 2 is 2.10 bits per heavy atom. The minimum absolute atomic E-state index is 0.0512. The number of nitrogens with one attached hydrogen (secondary N) is 2. The molecule has 0 atom stereocenters. The van der Waals surface area contributed by atoms with Gasteiger partial charge in [0, 0.05) is 22.7 Å². The number of benzene rings is 2. The number of hydrogen-bond acceptors (Lipinski definition) is 4. The summed E-state index contributed by atoms with van der Waals surface area (Å²) in [5, 5.41) is 6.22. The van der Waals surface area contributed by atoms with Gasteiger partial charge in [-0.15, -0.1) is 11.8 Å². The van der Waals surface area contributed by atoms with Crippen LogP contribution in [0.3, 0.4) is 0 Å². The van der Waals surface area contributed by atoms with Crippen LogP contribution in [0.25, 0.3) is 0 Å². The Balaban J connectivity index is 1.90. The van der Waals surface area contributed by atoms with E-state index in [0.717, 1.165) is 29.0 Å². The number of anilines is 4. The van der Waals surface area contributed by atoms with Crippen molar-refractivity contribution in [2.45, 2.75) is 17.7 Å². The number of nitrogens with two attached hydrogens (primary N) is 1. The molecule has 3 rings (SSSR count). The van der Waals surface area contributed by atoms with Crippen molar-refractivity contribution in [3.05, 3.63) is 42.0 Å². The molecule has 0 radical (unpaired) electrons. The molecule has 0 bridgehead atoms. The Labute approximate surface area is 128 Å². The largest absolute Gasteiger partial charge is 0.397 e. The third-order valence-electron chi connectivity index (χ3n) is 3.52. The van der Waals surface area contributed by atoms with E-state index in [1.807, 2.05) is 24.3 Å². The van der Waals surface area contributed by atoms with E-state index in [-0.39, 0.29) is 5.91 Å². The Kier molecular flexibility index (Phi) is 3.75. The normalized spacial score (nSPS) is 13.5. The molecule has 0 unspecified atom stereocenters. The van der Waals surface area contributed by atoms with Gasteiger partial charge in [-0.05, 0) is 48.6 Å². The van der Waals surface area contributed by atoms with Gasteiger partial charge in [-0.25, -0.2) is 0 Å². The molecule has 1 heterocycles. The van der Waals surface area contributed by atoms with Crippen LogP contribution in [0, 0.1) is 0 Å². The topological polar surface area (TPSA) is 67.2 Å². The van der Waals surface area contributed by atoms with Gasteiger partial charge in [0.05, 0.1) is 11.4 Å². The van der Waals surface area contributed by atoms with Crippen molar-refractivity contribution >= 4 is 40.4 Å². The van der Waals surface area contributed by atoms with Gasteiger partial charge in [0.25, 0.3) is 0 Å². The van der Waals surface area contributed by atoms with Crippen LogP contribution in [-0.4, -0.2) is 12.2 Å². The monoisotopic (exact) mass is 299 g/mol. The number of amides is 1. The van der Waals surface area contributed by atoms with Crippen LogP contribution in [0.1, 0.15) is 12.0 Å². The molecular formula is C16H17N3OS. The minimum Gasteiger partial charge on any atom is -0.397 e. The van der Waals surface area contributed by atoms with E-state index in [0.29, 0.717) is 12.1 Å². The Morgan fingerprint density at radius 3 is 2.90 bits per heavy atom. The van der Waals surface area contributed by atoms with Crippen molar-refractivity contribution in [2.24, 2.45) is 0 Å². The summed E-state index contributed by atoms with van der Waals surface area (Å²) in [5.74, 6) is 0.0512. The first-order valence-electron chi connectivity index (χ1n) is 6.79. The van der Waals surface area contributed by atoms with E-state index in [4.69, 9.17) is 5.73 Å². The summed E-state index contributed by atoms with van der Waals surface area (Å²) in [6.07, 6.45) is 3.33. The summed E-state index contributed by atoms with van der Waals surface area (Å²) >= 11 is 1.70. The lowest BCUT2D eigenvalue weighted by atomic mass is 10.0. The van der Waals surface area contributed by atoms with Crippen molar-refractivity contribution in [1.29, 1.82) is 0 Å². The van der Waals surface area contributed by atoms with Crippen LogP contribution in [0.2, 0.25) is 0 Å². The number of fused-ring (bicyclic) bond motifs is 1. The summed E-state index contributed by atoms with van der Waals surface area (Å²) in [5.41, 5.74) is 10.5. The molecule has 1 amide bonds. The number of rotatable bonds is 3. The van der Waals surface area contributed by atoms with E-state index < -0.39 is 0 Å². The van der Waals surface area contributed by atoms with Crippen LogP contribution in [0.4, 0.5) is 22.7 Å². The van der Waals surface area contributed by atoms with E-state index in [9.17, 15) is 4.79 Å². The summed E-state index contributed by atoms with van der Waals surface area (Å²) in [6, 6.07) is 12.0. The number of carbonyl (C=O) groups excluding carboxylic acids is 1. The number of hydrogen-bond donors (Lipinski definition) is 3. The fourth-order valence-electron chi connectivity index (χ4n) is 2.41. The summed E-state index contributed by atoms with van der Waals surface area (Å²) in [4.78, 5) is 12.6. The standard InChI is InChI=1S/C16H17N3OS/c1-21-12-4-2-3-11(8-12)18-15-7-10-5-6-16(20)19-14(10)9-13(15)17/h2-4,7-9,18H,5-6,17H2,1H3,(H,19,20). The van der Waals surface area contributed by atoms with Crippen LogP contribution < -0.4 is 16.4 Å². The van der Waals surface area contributed by atoms with Gasteiger partial charge in [0.2, 0.25) is 5.91 Å². The first-order chi connectivity index (χ1) is 10.2. The fraction of sp³-hybridized carbons (Fsp3) is 0.188. The average Bonchev–Trinajstić information content (AvgIpc) is 2.48. The summed E-state index contributed by atoms with van der Waals surface area (Å²) in [7, 11) is 0. The SMILES string of the molecule is CSc1cccc(Nc2cc3c(cc2N)NC(=O)CC3)c1. The minimum atomic E-state index is 0.0512. The van der Waals surface area contributed by atoms with Crippen LogP contribution in [0.15, 0.2) is 41.3 Å². The molecule has 108 valence electrons.